The largest absolute Gasteiger partial charge is 0.496 e. The SMILES string of the molecule is COc1cc(C(=O)N2CCCN2C(=O)c2ccc3c(=O)n(C)c(SC)nc3c2)nc2ccccc12. The number of thioether (sulfide) groups is 1. The van der Waals surface area contributed by atoms with Crippen molar-refractivity contribution in [3.05, 3.63) is 70.1 Å². The van der Waals surface area contributed by atoms with Gasteiger partial charge in [0.05, 0.1) is 23.5 Å². The first-order valence-electron chi connectivity index (χ1n) is 11.0. The number of methoxy groups -OCH3 is 1. The third kappa shape index (κ3) is 3.89. The number of hydrazine groups is 1. The Balaban J connectivity index is 1.49. The van der Waals surface area contributed by atoms with Crippen LogP contribution in [-0.4, -0.2) is 62.8 Å². The van der Waals surface area contributed by atoms with E-state index in [1.165, 1.54) is 26.3 Å². The van der Waals surface area contributed by atoms with Crippen LogP contribution < -0.4 is 10.3 Å². The summed E-state index contributed by atoms with van der Waals surface area (Å²) in [6.07, 6.45) is 2.48. The van der Waals surface area contributed by atoms with Crippen LogP contribution >= 0.6 is 11.8 Å². The first-order valence-corrected chi connectivity index (χ1v) is 12.3. The molecule has 0 spiro atoms. The fourth-order valence-corrected chi connectivity index (χ4v) is 4.85. The lowest BCUT2D eigenvalue weighted by atomic mass is 10.1. The van der Waals surface area contributed by atoms with Crippen molar-refractivity contribution in [3.63, 3.8) is 0 Å². The molecule has 0 aliphatic carbocycles. The maximum atomic E-state index is 13.4. The van der Waals surface area contributed by atoms with Gasteiger partial charge in [0.2, 0.25) is 0 Å². The molecule has 35 heavy (non-hydrogen) atoms. The van der Waals surface area contributed by atoms with E-state index in [1.54, 1.807) is 38.4 Å². The lowest BCUT2D eigenvalue weighted by Crippen LogP contribution is -2.45. The first kappa shape index (κ1) is 22.9. The van der Waals surface area contributed by atoms with Gasteiger partial charge in [-0.25, -0.2) is 20.0 Å². The average molecular weight is 490 g/mol. The minimum atomic E-state index is -0.377. The molecule has 10 heteroatoms. The van der Waals surface area contributed by atoms with Crippen LogP contribution in [0.15, 0.2) is 58.5 Å². The number of benzene rings is 2. The molecule has 5 rings (SSSR count). The molecule has 4 aromatic rings. The lowest BCUT2D eigenvalue weighted by Gasteiger charge is -2.28. The van der Waals surface area contributed by atoms with E-state index < -0.39 is 0 Å². The van der Waals surface area contributed by atoms with E-state index in [-0.39, 0.29) is 23.1 Å². The number of rotatable bonds is 4. The van der Waals surface area contributed by atoms with Gasteiger partial charge in [-0.3, -0.25) is 19.0 Å². The fourth-order valence-electron chi connectivity index (χ4n) is 4.30. The molecule has 0 atom stereocenters. The van der Waals surface area contributed by atoms with Crippen molar-refractivity contribution in [2.24, 2.45) is 7.05 Å². The van der Waals surface area contributed by atoms with Crippen LogP contribution in [-0.2, 0) is 7.05 Å². The van der Waals surface area contributed by atoms with E-state index in [0.29, 0.717) is 52.4 Å². The number of pyridine rings is 1. The van der Waals surface area contributed by atoms with Crippen molar-refractivity contribution < 1.29 is 14.3 Å². The van der Waals surface area contributed by atoms with Crippen LogP contribution in [0.3, 0.4) is 0 Å². The quantitative estimate of drug-likeness (QED) is 0.321. The van der Waals surface area contributed by atoms with Gasteiger partial charge in [0, 0.05) is 37.2 Å². The normalized spacial score (nSPS) is 13.6. The minimum Gasteiger partial charge on any atom is -0.496 e. The number of para-hydroxylation sites is 1. The van der Waals surface area contributed by atoms with Crippen molar-refractivity contribution in [1.29, 1.82) is 0 Å². The van der Waals surface area contributed by atoms with Gasteiger partial charge in [-0.05, 0) is 43.0 Å². The number of amides is 2. The summed E-state index contributed by atoms with van der Waals surface area (Å²) in [5.41, 5.74) is 1.47. The Bertz CT molecular complexity index is 1550. The molecule has 1 fully saturated rings. The predicted molar refractivity (Wildman–Crippen MR) is 134 cm³/mol. The zero-order valence-electron chi connectivity index (χ0n) is 19.5. The number of hydrogen-bond acceptors (Lipinski definition) is 7. The number of hydrogen-bond donors (Lipinski definition) is 0. The van der Waals surface area contributed by atoms with Gasteiger partial charge in [-0.1, -0.05) is 23.9 Å². The highest BCUT2D eigenvalue weighted by Gasteiger charge is 2.33. The summed E-state index contributed by atoms with van der Waals surface area (Å²) >= 11 is 1.36. The molecule has 0 unspecified atom stereocenters. The van der Waals surface area contributed by atoms with Crippen molar-refractivity contribution >= 4 is 45.4 Å². The number of nitrogens with zero attached hydrogens (tertiary/aromatic N) is 5. The number of carbonyl (C=O) groups is 2. The van der Waals surface area contributed by atoms with E-state index in [9.17, 15) is 14.4 Å². The molecule has 3 heterocycles. The van der Waals surface area contributed by atoms with Gasteiger partial charge >= 0.3 is 0 Å². The highest BCUT2D eigenvalue weighted by atomic mass is 32.2. The second-order valence-corrected chi connectivity index (χ2v) is 8.91. The smallest absolute Gasteiger partial charge is 0.291 e. The molecule has 1 saturated heterocycles. The lowest BCUT2D eigenvalue weighted by molar-refractivity contribution is 0.0182. The zero-order valence-corrected chi connectivity index (χ0v) is 20.3. The predicted octanol–water partition coefficient (Wildman–Crippen LogP) is 3.12. The first-order chi connectivity index (χ1) is 16.9. The van der Waals surface area contributed by atoms with E-state index in [1.807, 2.05) is 30.5 Å². The molecule has 0 radical (unpaired) electrons. The Morgan fingerprint density at radius 1 is 0.943 bits per heavy atom. The number of fused-ring (bicyclic) bond motifs is 2. The molecule has 2 aromatic carbocycles. The summed E-state index contributed by atoms with van der Waals surface area (Å²) in [5.74, 6) is -0.168. The monoisotopic (exact) mass is 489 g/mol. The number of aromatic nitrogens is 3. The van der Waals surface area contributed by atoms with Crippen LogP contribution in [0.25, 0.3) is 21.8 Å². The van der Waals surface area contributed by atoms with Crippen LogP contribution in [0, 0.1) is 0 Å². The number of carbonyl (C=O) groups excluding carboxylic acids is 2. The molecule has 0 bridgehead atoms. The van der Waals surface area contributed by atoms with Crippen LogP contribution in [0.4, 0.5) is 0 Å². The molecular formula is C25H23N5O4S. The second-order valence-electron chi connectivity index (χ2n) is 8.13. The number of ether oxygens (including phenoxy) is 1. The molecule has 1 aliphatic heterocycles. The molecule has 2 aromatic heterocycles. The highest BCUT2D eigenvalue weighted by Crippen LogP contribution is 2.27. The minimum absolute atomic E-state index is 0.173. The third-order valence-electron chi connectivity index (χ3n) is 6.08. The van der Waals surface area contributed by atoms with Gasteiger partial charge in [0.1, 0.15) is 11.4 Å². The maximum absolute atomic E-state index is 13.4. The van der Waals surface area contributed by atoms with Crippen LogP contribution in [0.1, 0.15) is 27.3 Å². The Kier molecular flexibility index (Phi) is 5.89. The van der Waals surface area contributed by atoms with Crippen molar-refractivity contribution in [3.8, 4) is 5.75 Å². The van der Waals surface area contributed by atoms with E-state index in [0.717, 1.165) is 5.39 Å². The van der Waals surface area contributed by atoms with Crippen molar-refractivity contribution in [2.75, 3.05) is 26.5 Å². The Labute approximate surface area is 205 Å². The van der Waals surface area contributed by atoms with Crippen molar-refractivity contribution in [2.45, 2.75) is 11.6 Å². The Hall–Kier alpha value is -3.92. The topological polar surface area (TPSA) is 97.6 Å². The third-order valence-corrected chi connectivity index (χ3v) is 6.81. The van der Waals surface area contributed by atoms with Crippen LogP contribution in [0.2, 0.25) is 0 Å². The Morgan fingerprint density at radius 2 is 1.69 bits per heavy atom. The van der Waals surface area contributed by atoms with Crippen molar-refractivity contribution in [1.82, 2.24) is 24.6 Å². The molecule has 0 saturated carbocycles. The molecule has 0 N–H and O–H groups in total. The van der Waals surface area contributed by atoms with Gasteiger partial charge in [0.25, 0.3) is 17.4 Å². The molecular weight excluding hydrogens is 466 g/mol. The van der Waals surface area contributed by atoms with E-state index >= 15 is 0 Å². The summed E-state index contributed by atoms with van der Waals surface area (Å²) in [6, 6.07) is 13.8. The summed E-state index contributed by atoms with van der Waals surface area (Å²) in [5, 5.41) is 4.66. The second kappa shape index (κ2) is 9.03. The average Bonchev–Trinajstić information content (AvgIpc) is 3.38. The molecule has 1 aliphatic rings. The van der Waals surface area contributed by atoms with Gasteiger partial charge in [0.15, 0.2) is 5.16 Å². The summed E-state index contributed by atoms with van der Waals surface area (Å²) in [7, 11) is 3.22. The van der Waals surface area contributed by atoms with E-state index in [4.69, 9.17) is 4.74 Å². The highest BCUT2D eigenvalue weighted by molar-refractivity contribution is 7.98. The van der Waals surface area contributed by atoms with Gasteiger partial charge in [-0.15, -0.1) is 0 Å². The van der Waals surface area contributed by atoms with Gasteiger partial charge in [-0.2, -0.15) is 0 Å². The zero-order chi connectivity index (χ0) is 24.7. The summed E-state index contributed by atoms with van der Waals surface area (Å²) in [6.45, 7) is 0.789. The molecule has 178 valence electrons. The standard InChI is InChI=1S/C25H23N5O4S/c1-28-23(32)17-10-9-15(13-19(17)27-25(28)35-3)22(31)29-11-6-12-30(29)24(33)20-14-21(34-2)16-7-4-5-8-18(16)26-20/h4-5,7-10,13-14H,6,11-12H2,1-3H3. The summed E-state index contributed by atoms with van der Waals surface area (Å²) < 4.78 is 6.96. The maximum Gasteiger partial charge on any atom is 0.291 e. The van der Waals surface area contributed by atoms with Gasteiger partial charge < -0.3 is 4.74 Å². The molecule has 9 nitrogen and oxygen atoms in total. The molecule has 2 amide bonds. The fraction of sp³-hybridized carbons (Fsp3) is 0.240. The summed E-state index contributed by atoms with van der Waals surface area (Å²) in [4.78, 5) is 48.6. The van der Waals surface area contributed by atoms with E-state index in [2.05, 4.69) is 9.97 Å². The van der Waals surface area contributed by atoms with Crippen LogP contribution in [0.5, 0.6) is 5.75 Å². The Morgan fingerprint density at radius 3 is 2.43 bits per heavy atom.